The van der Waals surface area contributed by atoms with Gasteiger partial charge in [0.2, 0.25) is 0 Å². The average Bonchev–Trinajstić information content (AvgIpc) is 2.73. The van der Waals surface area contributed by atoms with E-state index in [1.54, 1.807) is 19.5 Å². The van der Waals surface area contributed by atoms with Gasteiger partial charge in [-0.2, -0.15) is 0 Å². The van der Waals surface area contributed by atoms with Crippen molar-refractivity contribution >= 4 is 5.82 Å². The number of nitrogens with zero attached hydrogens (tertiary/aromatic N) is 3. The van der Waals surface area contributed by atoms with E-state index in [1.807, 2.05) is 13.1 Å². The standard InChI is InChI=1S/C22H24N4O/c1-23-22-21(24-10-11-25-22)19-13-16(7-8-20(19)27-2)14-26-12-9-17-5-3-4-6-18(17)15-26/h3-8,10-11,13H,9,12,14-15H2,1-2H3,(H,23,25). The molecule has 1 aromatic heterocycles. The van der Waals surface area contributed by atoms with Gasteiger partial charge in [0.25, 0.3) is 0 Å². The molecule has 5 nitrogen and oxygen atoms in total. The quantitative estimate of drug-likeness (QED) is 0.751. The van der Waals surface area contributed by atoms with Crippen LogP contribution >= 0.6 is 0 Å². The lowest BCUT2D eigenvalue weighted by atomic mass is 9.99. The number of hydrogen-bond donors (Lipinski definition) is 1. The molecule has 2 aromatic carbocycles. The monoisotopic (exact) mass is 360 g/mol. The minimum atomic E-state index is 0.750. The van der Waals surface area contributed by atoms with Crippen molar-refractivity contribution in [2.24, 2.45) is 0 Å². The molecule has 1 aliphatic rings. The second kappa shape index (κ2) is 7.76. The van der Waals surface area contributed by atoms with Crippen LogP contribution in [0.25, 0.3) is 11.3 Å². The summed E-state index contributed by atoms with van der Waals surface area (Å²) in [6, 6.07) is 15.1. The molecular formula is C22H24N4O. The molecule has 138 valence electrons. The third kappa shape index (κ3) is 3.64. The Morgan fingerprint density at radius 1 is 1.07 bits per heavy atom. The first-order chi connectivity index (χ1) is 13.3. The number of rotatable bonds is 5. The first-order valence-electron chi connectivity index (χ1n) is 9.23. The van der Waals surface area contributed by atoms with E-state index in [9.17, 15) is 0 Å². The summed E-state index contributed by atoms with van der Waals surface area (Å²) < 4.78 is 5.58. The highest BCUT2D eigenvalue weighted by molar-refractivity contribution is 5.76. The fourth-order valence-corrected chi connectivity index (χ4v) is 3.70. The first-order valence-corrected chi connectivity index (χ1v) is 9.23. The van der Waals surface area contributed by atoms with E-state index < -0.39 is 0 Å². The second-order valence-electron chi connectivity index (χ2n) is 6.77. The van der Waals surface area contributed by atoms with Crippen LogP contribution in [0.5, 0.6) is 5.75 Å². The second-order valence-corrected chi connectivity index (χ2v) is 6.77. The lowest BCUT2D eigenvalue weighted by Crippen LogP contribution is -2.29. The van der Waals surface area contributed by atoms with Crippen molar-refractivity contribution in [3.63, 3.8) is 0 Å². The average molecular weight is 360 g/mol. The van der Waals surface area contributed by atoms with Crippen molar-refractivity contribution in [1.29, 1.82) is 0 Å². The maximum absolute atomic E-state index is 5.58. The van der Waals surface area contributed by atoms with Gasteiger partial charge in [-0.15, -0.1) is 0 Å². The largest absolute Gasteiger partial charge is 0.496 e. The summed E-state index contributed by atoms with van der Waals surface area (Å²) in [5.41, 5.74) is 5.93. The van der Waals surface area contributed by atoms with Crippen molar-refractivity contribution in [3.8, 4) is 17.0 Å². The van der Waals surface area contributed by atoms with Crippen LogP contribution in [0.3, 0.4) is 0 Å². The fraction of sp³-hybridized carbons (Fsp3) is 0.273. The minimum Gasteiger partial charge on any atom is -0.496 e. The molecule has 0 aliphatic carbocycles. The Bertz CT molecular complexity index is 941. The number of benzene rings is 2. The van der Waals surface area contributed by atoms with Gasteiger partial charge in [-0.1, -0.05) is 30.3 Å². The summed E-state index contributed by atoms with van der Waals surface area (Å²) in [6.07, 6.45) is 4.51. The maximum atomic E-state index is 5.58. The molecule has 0 atom stereocenters. The molecule has 0 spiro atoms. The van der Waals surface area contributed by atoms with Crippen molar-refractivity contribution in [2.75, 3.05) is 26.0 Å². The molecule has 3 aromatic rings. The van der Waals surface area contributed by atoms with E-state index >= 15 is 0 Å². The Morgan fingerprint density at radius 2 is 1.89 bits per heavy atom. The van der Waals surface area contributed by atoms with Gasteiger partial charge < -0.3 is 10.1 Å². The summed E-state index contributed by atoms with van der Waals surface area (Å²) in [6.45, 7) is 2.97. The summed E-state index contributed by atoms with van der Waals surface area (Å²) in [7, 11) is 3.55. The van der Waals surface area contributed by atoms with Crippen LogP contribution in [-0.4, -0.2) is 35.6 Å². The molecule has 2 heterocycles. The summed E-state index contributed by atoms with van der Waals surface area (Å²) in [4.78, 5) is 11.4. The number of ether oxygens (including phenoxy) is 1. The van der Waals surface area contributed by atoms with Gasteiger partial charge in [0.15, 0.2) is 5.82 Å². The van der Waals surface area contributed by atoms with Crippen LogP contribution in [0.2, 0.25) is 0 Å². The van der Waals surface area contributed by atoms with Crippen LogP contribution < -0.4 is 10.1 Å². The van der Waals surface area contributed by atoms with E-state index in [1.165, 1.54) is 16.7 Å². The van der Waals surface area contributed by atoms with Crippen molar-refractivity contribution in [1.82, 2.24) is 14.9 Å². The van der Waals surface area contributed by atoms with E-state index in [-0.39, 0.29) is 0 Å². The van der Waals surface area contributed by atoms with Gasteiger partial charge in [-0.3, -0.25) is 9.88 Å². The maximum Gasteiger partial charge on any atom is 0.152 e. The zero-order valence-electron chi connectivity index (χ0n) is 15.8. The molecule has 4 rings (SSSR count). The molecule has 0 unspecified atom stereocenters. The van der Waals surface area contributed by atoms with Crippen molar-refractivity contribution in [3.05, 3.63) is 71.5 Å². The minimum absolute atomic E-state index is 0.750. The lowest BCUT2D eigenvalue weighted by molar-refractivity contribution is 0.245. The van der Waals surface area contributed by atoms with Crippen LogP contribution in [0.1, 0.15) is 16.7 Å². The summed E-state index contributed by atoms with van der Waals surface area (Å²) in [5.74, 6) is 1.56. The predicted octanol–water partition coefficient (Wildman–Crippen LogP) is 3.75. The predicted molar refractivity (Wildman–Crippen MR) is 108 cm³/mol. The number of nitrogens with one attached hydrogen (secondary N) is 1. The van der Waals surface area contributed by atoms with Crippen LogP contribution in [-0.2, 0) is 19.5 Å². The highest BCUT2D eigenvalue weighted by Gasteiger charge is 2.18. The van der Waals surface area contributed by atoms with Gasteiger partial charge in [0, 0.05) is 44.6 Å². The fourth-order valence-electron chi connectivity index (χ4n) is 3.70. The summed E-state index contributed by atoms with van der Waals surface area (Å²) in [5, 5.41) is 3.12. The Labute approximate surface area is 160 Å². The molecule has 5 heteroatoms. The first kappa shape index (κ1) is 17.5. The number of hydrogen-bond acceptors (Lipinski definition) is 5. The normalized spacial score (nSPS) is 13.9. The third-order valence-electron chi connectivity index (χ3n) is 5.07. The van der Waals surface area contributed by atoms with E-state index in [2.05, 4.69) is 56.6 Å². The van der Waals surface area contributed by atoms with Crippen molar-refractivity contribution < 1.29 is 4.74 Å². The Kier molecular flexibility index (Phi) is 5.03. The lowest BCUT2D eigenvalue weighted by Gasteiger charge is -2.29. The van der Waals surface area contributed by atoms with Crippen LogP contribution in [0.4, 0.5) is 5.82 Å². The zero-order valence-corrected chi connectivity index (χ0v) is 15.8. The smallest absolute Gasteiger partial charge is 0.152 e. The highest BCUT2D eigenvalue weighted by Crippen LogP contribution is 2.33. The van der Waals surface area contributed by atoms with E-state index in [0.29, 0.717) is 0 Å². The number of anilines is 1. The topological polar surface area (TPSA) is 50.3 Å². The Balaban J connectivity index is 1.62. The van der Waals surface area contributed by atoms with Gasteiger partial charge in [0.05, 0.1) is 7.11 Å². The SMILES string of the molecule is CNc1nccnc1-c1cc(CN2CCc3ccccc3C2)ccc1OC. The van der Waals surface area contributed by atoms with Gasteiger partial charge in [-0.05, 0) is 35.2 Å². The molecule has 27 heavy (non-hydrogen) atoms. The highest BCUT2D eigenvalue weighted by atomic mass is 16.5. The van der Waals surface area contributed by atoms with Gasteiger partial charge in [0.1, 0.15) is 11.4 Å². The summed E-state index contributed by atoms with van der Waals surface area (Å²) >= 11 is 0. The molecule has 0 radical (unpaired) electrons. The molecule has 1 N–H and O–H groups in total. The van der Waals surface area contributed by atoms with E-state index in [4.69, 9.17) is 4.74 Å². The van der Waals surface area contributed by atoms with Crippen LogP contribution in [0, 0.1) is 0 Å². The Morgan fingerprint density at radius 3 is 2.70 bits per heavy atom. The molecule has 1 aliphatic heterocycles. The third-order valence-corrected chi connectivity index (χ3v) is 5.07. The number of aromatic nitrogens is 2. The Hall–Kier alpha value is -2.92. The number of fused-ring (bicyclic) bond motifs is 1. The molecule has 0 saturated heterocycles. The van der Waals surface area contributed by atoms with Crippen molar-refractivity contribution in [2.45, 2.75) is 19.5 Å². The molecule has 0 saturated carbocycles. The molecule has 0 bridgehead atoms. The molecule has 0 amide bonds. The molecule has 0 fully saturated rings. The van der Waals surface area contributed by atoms with Gasteiger partial charge >= 0.3 is 0 Å². The molecular weight excluding hydrogens is 336 g/mol. The van der Waals surface area contributed by atoms with Crippen LogP contribution in [0.15, 0.2) is 54.9 Å². The number of methoxy groups -OCH3 is 1. The van der Waals surface area contributed by atoms with Gasteiger partial charge in [-0.25, -0.2) is 4.98 Å². The van der Waals surface area contributed by atoms with E-state index in [0.717, 1.165) is 48.9 Å². The zero-order chi connectivity index (χ0) is 18.6.